The molecule has 2 rings (SSSR count). The summed E-state index contributed by atoms with van der Waals surface area (Å²) < 4.78 is 5.59. The van der Waals surface area contributed by atoms with E-state index in [1.54, 1.807) is 0 Å². The second kappa shape index (κ2) is 6.05. The van der Waals surface area contributed by atoms with Gasteiger partial charge in [-0.25, -0.2) is 4.79 Å². The molecular formula is C17H22O2. The quantitative estimate of drug-likeness (QED) is 0.748. The molecule has 1 aromatic rings. The average Bonchev–Trinajstić information content (AvgIpc) is 2.70. The molecule has 0 N–H and O–H groups in total. The van der Waals surface area contributed by atoms with Gasteiger partial charge in [0, 0.05) is 5.57 Å². The minimum absolute atomic E-state index is 0.0253. The summed E-state index contributed by atoms with van der Waals surface area (Å²) in [7, 11) is 0. The predicted molar refractivity (Wildman–Crippen MR) is 76.8 cm³/mol. The van der Waals surface area contributed by atoms with Crippen LogP contribution in [0.25, 0.3) is 0 Å². The Balaban J connectivity index is 2.25. The van der Waals surface area contributed by atoms with E-state index in [4.69, 9.17) is 4.74 Å². The van der Waals surface area contributed by atoms with E-state index in [1.165, 1.54) is 11.1 Å². The number of carbonyl (C=O) groups excluding carboxylic acids is 1. The standard InChI is InChI=1S/C17H22O2/c1-4-14(5-2)16-15(12(3)17(18)19-16)11-13-9-7-6-8-10-13/h6-10,14,16H,4-5,11H2,1-3H3. The van der Waals surface area contributed by atoms with Gasteiger partial charge in [0.2, 0.25) is 0 Å². The lowest BCUT2D eigenvalue weighted by Gasteiger charge is -2.23. The van der Waals surface area contributed by atoms with Gasteiger partial charge in [0.1, 0.15) is 6.10 Å². The van der Waals surface area contributed by atoms with Gasteiger partial charge in [-0.1, -0.05) is 44.2 Å². The molecule has 2 heteroatoms. The minimum Gasteiger partial charge on any atom is -0.454 e. The summed E-state index contributed by atoms with van der Waals surface area (Å²) >= 11 is 0. The van der Waals surface area contributed by atoms with Crippen LogP contribution in [0.5, 0.6) is 0 Å². The molecule has 0 bridgehead atoms. The minimum atomic E-state index is -0.136. The molecule has 0 fully saturated rings. The van der Waals surface area contributed by atoms with Crippen molar-refractivity contribution in [2.24, 2.45) is 5.92 Å². The number of rotatable bonds is 5. The number of esters is 1. The summed E-state index contributed by atoms with van der Waals surface area (Å²) in [5, 5.41) is 0. The number of cyclic esters (lactones) is 1. The number of benzene rings is 1. The van der Waals surface area contributed by atoms with Crippen LogP contribution in [0.4, 0.5) is 0 Å². The van der Waals surface area contributed by atoms with Crippen LogP contribution in [0.3, 0.4) is 0 Å². The Bertz CT molecular complexity index is 469. The number of hydrogen-bond donors (Lipinski definition) is 0. The van der Waals surface area contributed by atoms with Gasteiger partial charge in [0.15, 0.2) is 0 Å². The molecule has 0 aromatic heterocycles. The van der Waals surface area contributed by atoms with Gasteiger partial charge >= 0.3 is 5.97 Å². The molecule has 0 saturated heterocycles. The maximum absolute atomic E-state index is 11.8. The van der Waals surface area contributed by atoms with Gasteiger partial charge in [-0.05, 0) is 43.2 Å². The summed E-state index contributed by atoms with van der Waals surface area (Å²) in [6.07, 6.45) is 2.88. The molecule has 19 heavy (non-hydrogen) atoms. The molecule has 0 aliphatic carbocycles. The molecule has 0 saturated carbocycles. The van der Waals surface area contributed by atoms with Gasteiger partial charge in [-0.2, -0.15) is 0 Å². The number of ether oxygens (including phenoxy) is 1. The van der Waals surface area contributed by atoms with E-state index in [9.17, 15) is 4.79 Å². The average molecular weight is 258 g/mol. The first-order chi connectivity index (χ1) is 9.17. The Labute approximate surface area is 115 Å². The summed E-state index contributed by atoms with van der Waals surface area (Å²) in [5.41, 5.74) is 3.22. The van der Waals surface area contributed by atoms with Gasteiger partial charge in [0.05, 0.1) is 0 Å². The van der Waals surface area contributed by atoms with Crippen LogP contribution in [-0.2, 0) is 16.0 Å². The highest BCUT2D eigenvalue weighted by Gasteiger charge is 2.35. The maximum Gasteiger partial charge on any atom is 0.334 e. The van der Waals surface area contributed by atoms with Crippen molar-refractivity contribution in [3.63, 3.8) is 0 Å². The zero-order valence-electron chi connectivity index (χ0n) is 12.0. The predicted octanol–water partition coefficient (Wildman–Crippen LogP) is 3.91. The lowest BCUT2D eigenvalue weighted by atomic mass is 9.87. The van der Waals surface area contributed by atoms with E-state index in [0.717, 1.165) is 24.8 Å². The molecular weight excluding hydrogens is 236 g/mol. The van der Waals surface area contributed by atoms with Crippen LogP contribution in [-0.4, -0.2) is 12.1 Å². The third kappa shape index (κ3) is 2.89. The lowest BCUT2D eigenvalue weighted by molar-refractivity contribution is -0.141. The van der Waals surface area contributed by atoms with Gasteiger partial charge < -0.3 is 4.74 Å². The van der Waals surface area contributed by atoms with Crippen molar-refractivity contribution in [2.45, 2.75) is 46.1 Å². The topological polar surface area (TPSA) is 26.3 Å². The van der Waals surface area contributed by atoms with Crippen molar-refractivity contribution >= 4 is 5.97 Å². The van der Waals surface area contributed by atoms with Crippen molar-refractivity contribution < 1.29 is 9.53 Å². The third-order valence-electron chi connectivity index (χ3n) is 4.08. The van der Waals surface area contributed by atoms with Crippen molar-refractivity contribution in [1.82, 2.24) is 0 Å². The first-order valence-electron chi connectivity index (χ1n) is 7.11. The summed E-state index contributed by atoms with van der Waals surface area (Å²) in [4.78, 5) is 11.8. The highest BCUT2D eigenvalue weighted by Crippen LogP contribution is 2.33. The fourth-order valence-corrected chi connectivity index (χ4v) is 2.77. The molecule has 0 amide bonds. The highest BCUT2D eigenvalue weighted by molar-refractivity contribution is 5.91. The van der Waals surface area contributed by atoms with Gasteiger partial charge in [-0.15, -0.1) is 0 Å². The first kappa shape index (κ1) is 13.9. The number of carbonyl (C=O) groups is 1. The summed E-state index contributed by atoms with van der Waals surface area (Å²) in [6.45, 7) is 6.22. The fourth-order valence-electron chi connectivity index (χ4n) is 2.77. The Morgan fingerprint density at radius 1 is 1.16 bits per heavy atom. The van der Waals surface area contributed by atoms with E-state index < -0.39 is 0 Å². The van der Waals surface area contributed by atoms with Crippen LogP contribution in [0.2, 0.25) is 0 Å². The molecule has 2 nitrogen and oxygen atoms in total. The van der Waals surface area contributed by atoms with E-state index in [0.29, 0.717) is 5.92 Å². The Morgan fingerprint density at radius 2 is 1.79 bits per heavy atom. The van der Waals surface area contributed by atoms with Crippen LogP contribution in [0.15, 0.2) is 41.5 Å². The van der Waals surface area contributed by atoms with Crippen LogP contribution >= 0.6 is 0 Å². The monoisotopic (exact) mass is 258 g/mol. The second-order valence-corrected chi connectivity index (χ2v) is 5.22. The van der Waals surface area contributed by atoms with Gasteiger partial charge in [0.25, 0.3) is 0 Å². The zero-order valence-corrected chi connectivity index (χ0v) is 12.0. The van der Waals surface area contributed by atoms with Crippen LogP contribution in [0, 0.1) is 5.92 Å². The summed E-state index contributed by atoms with van der Waals surface area (Å²) in [6, 6.07) is 10.3. The fraction of sp³-hybridized carbons (Fsp3) is 0.471. The van der Waals surface area contributed by atoms with E-state index in [-0.39, 0.29) is 12.1 Å². The SMILES string of the molecule is CCC(CC)C1OC(=O)C(C)=C1Cc1ccccc1. The van der Waals surface area contributed by atoms with E-state index >= 15 is 0 Å². The lowest BCUT2D eigenvalue weighted by Crippen LogP contribution is -2.23. The van der Waals surface area contributed by atoms with Crippen LogP contribution < -0.4 is 0 Å². The first-order valence-corrected chi connectivity index (χ1v) is 7.11. The zero-order chi connectivity index (χ0) is 13.8. The number of hydrogen-bond acceptors (Lipinski definition) is 2. The molecule has 1 aliphatic heterocycles. The van der Waals surface area contributed by atoms with E-state index in [2.05, 4.69) is 26.0 Å². The second-order valence-electron chi connectivity index (χ2n) is 5.22. The Morgan fingerprint density at radius 3 is 2.37 bits per heavy atom. The van der Waals surface area contributed by atoms with E-state index in [1.807, 2.05) is 25.1 Å². The molecule has 1 atom stereocenters. The molecule has 1 heterocycles. The molecule has 1 unspecified atom stereocenters. The van der Waals surface area contributed by atoms with Gasteiger partial charge in [-0.3, -0.25) is 0 Å². The third-order valence-corrected chi connectivity index (χ3v) is 4.08. The Kier molecular flexibility index (Phi) is 4.41. The molecule has 1 aliphatic rings. The van der Waals surface area contributed by atoms with Crippen LogP contribution in [0.1, 0.15) is 39.2 Å². The Hall–Kier alpha value is -1.57. The highest BCUT2D eigenvalue weighted by atomic mass is 16.5. The largest absolute Gasteiger partial charge is 0.454 e. The van der Waals surface area contributed by atoms with Crippen molar-refractivity contribution in [3.8, 4) is 0 Å². The molecule has 102 valence electrons. The molecule has 0 radical (unpaired) electrons. The van der Waals surface area contributed by atoms with Crippen molar-refractivity contribution in [2.75, 3.05) is 0 Å². The van der Waals surface area contributed by atoms with Crippen molar-refractivity contribution in [1.29, 1.82) is 0 Å². The normalized spacial score (nSPS) is 19.2. The summed E-state index contributed by atoms with van der Waals surface area (Å²) in [5.74, 6) is 0.294. The maximum atomic E-state index is 11.8. The molecule has 1 aromatic carbocycles. The molecule has 0 spiro atoms. The van der Waals surface area contributed by atoms with Crippen molar-refractivity contribution in [3.05, 3.63) is 47.0 Å². The smallest absolute Gasteiger partial charge is 0.334 e.